The van der Waals surface area contributed by atoms with Crippen LogP contribution in [-0.4, -0.2) is 34.9 Å². The van der Waals surface area contributed by atoms with Gasteiger partial charge < -0.3 is 19.3 Å². The highest BCUT2D eigenvalue weighted by molar-refractivity contribution is 5.71. The van der Waals surface area contributed by atoms with Crippen LogP contribution < -0.4 is 0 Å². The van der Waals surface area contributed by atoms with E-state index in [0.29, 0.717) is 0 Å². The van der Waals surface area contributed by atoms with E-state index in [1.165, 1.54) is 0 Å². The topological polar surface area (TPSA) is 65.0 Å². The lowest BCUT2D eigenvalue weighted by molar-refractivity contribution is -0.168. The molecule has 0 amide bonds. The van der Waals surface area contributed by atoms with Crippen LogP contribution in [-0.2, 0) is 19.0 Å². The Morgan fingerprint density at radius 3 is 2.32 bits per heavy atom. The minimum absolute atomic E-state index is 0.554. The van der Waals surface area contributed by atoms with Gasteiger partial charge in [-0.05, 0) is 27.6 Å². The number of esters is 1. The van der Waals surface area contributed by atoms with Gasteiger partial charge in [0, 0.05) is 9.53 Å². The first-order valence-corrected chi connectivity index (χ1v) is 6.32. The first-order valence-electron chi connectivity index (χ1n) is 7.82. The second-order valence-corrected chi connectivity index (χ2v) is 6.96. The molecule has 1 heterocycles. The van der Waals surface area contributed by atoms with E-state index in [0.717, 1.165) is 0 Å². The maximum Gasteiger partial charge on any atom is 0.309 e. The fourth-order valence-electron chi connectivity index (χ4n) is 1.61. The molecule has 0 radical (unpaired) electrons. The van der Waals surface area contributed by atoms with Crippen LogP contribution in [0, 0.1) is 5.41 Å². The van der Waals surface area contributed by atoms with Crippen molar-refractivity contribution in [3.8, 4) is 0 Å². The van der Waals surface area contributed by atoms with Crippen molar-refractivity contribution in [1.29, 1.82) is 0 Å². The van der Waals surface area contributed by atoms with Crippen LogP contribution in [0.5, 0.6) is 0 Å². The van der Waals surface area contributed by atoms with Crippen molar-refractivity contribution in [3.05, 3.63) is 0 Å². The minimum atomic E-state index is -2.75. The maximum atomic E-state index is 12.0. The fraction of sp³-hybridized carbons (Fsp3) is 0.929. The molecule has 1 rings (SSSR count). The van der Waals surface area contributed by atoms with E-state index in [2.05, 4.69) is 0 Å². The van der Waals surface area contributed by atoms with Crippen molar-refractivity contribution >= 4 is 5.97 Å². The standard InChI is InChI=1S/C14H26O5/c1-12(2,3)11-17-10(16)14(7,19-11)8-9(15)18-13(4,5)6/h10-11,16H,8H2,1-7H3/t10?,11-,14+/m1/s1/i7D3. The molecule has 0 aromatic carbocycles. The Hall–Kier alpha value is -0.650. The van der Waals surface area contributed by atoms with E-state index in [1.807, 2.05) is 0 Å². The second kappa shape index (κ2) is 5.04. The molecule has 1 aliphatic heterocycles. The average Bonchev–Trinajstić information content (AvgIpc) is 2.52. The Bertz CT molecular complexity index is 422. The first-order chi connectivity index (χ1) is 9.58. The minimum Gasteiger partial charge on any atom is -0.460 e. The van der Waals surface area contributed by atoms with Crippen molar-refractivity contribution in [1.82, 2.24) is 0 Å². The summed E-state index contributed by atoms with van der Waals surface area (Å²) in [5.41, 5.74) is -3.45. The Kier molecular flexibility index (Phi) is 3.21. The summed E-state index contributed by atoms with van der Waals surface area (Å²) in [6.45, 7) is 7.63. The summed E-state index contributed by atoms with van der Waals surface area (Å²) >= 11 is 0. The lowest BCUT2D eigenvalue weighted by Crippen LogP contribution is -2.41. The first kappa shape index (κ1) is 12.1. The van der Waals surface area contributed by atoms with E-state index in [-0.39, 0.29) is 0 Å². The zero-order valence-corrected chi connectivity index (χ0v) is 12.4. The van der Waals surface area contributed by atoms with Gasteiger partial charge in [0.1, 0.15) is 11.2 Å². The number of hydrogen-bond donors (Lipinski definition) is 1. The summed E-state index contributed by atoms with van der Waals surface area (Å²) in [5.74, 6) is -0.763. The van der Waals surface area contributed by atoms with Gasteiger partial charge in [0.05, 0.1) is 6.42 Å². The average molecular weight is 277 g/mol. The smallest absolute Gasteiger partial charge is 0.309 e. The number of rotatable bonds is 2. The summed E-state index contributed by atoms with van der Waals surface area (Å²) in [4.78, 5) is 12.0. The SMILES string of the molecule is [2H]C([2H])([2H])[C@@]1(CC(=O)OC(C)(C)C)O[C@H](C(C)(C)C)OC1O. The Labute approximate surface area is 119 Å². The zero-order valence-electron chi connectivity index (χ0n) is 15.4. The Balaban J connectivity index is 3.06. The third-order valence-electron chi connectivity index (χ3n) is 2.50. The second-order valence-electron chi connectivity index (χ2n) is 6.96. The van der Waals surface area contributed by atoms with Crippen molar-refractivity contribution in [2.75, 3.05) is 0 Å². The molecule has 0 aromatic heterocycles. The summed E-state index contributed by atoms with van der Waals surface area (Å²) in [7, 11) is 0. The van der Waals surface area contributed by atoms with Gasteiger partial charge in [0.15, 0.2) is 12.6 Å². The molecule has 0 aliphatic carbocycles. The monoisotopic (exact) mass is 277 g/mol. The summed E-state index contributed by atoms with van der Waals surface area (Å²) in [6, 6.07) is 0. The molecular formula is C14H26O5. The van der Waals surface area contributed by atoms with Crippen LogP contribution in [0.1, 0.15) is 58.9 Å². The lowest BCUT2D eigenvalue weighted by atomic mass is 9.96. The largest absolute Gasteiger partial charge is 0.460 e. The van der Waals surface area contributed by atoms with Crippen LogP contribution in [0.4, 0.5) is 0 Å². The van der Waals surface area contributed by atoms with Crippen LogP contribution in [0.2, 0.25) is 0 Å². The molecular weight excluding hydrogens is 248 g/mol. The molecule has 5 nitrogen and oxygen atoms in total. The number of aliphatic hydroxyl groups is 1. The number of carbonyl (C=O) groups excluding carboxylic acids is 1. The van der Waals surface area contributed by atoms with Crippen LogP contribution in [0.15, 0.2) is 0 Å². The highest BCUT2D eigenvalue weighted by Gasteiger charge is 2.50. The molecule has 5 heteroatoms. The molecule has 1 unspecified atom stereocenters. The van der Waals surface area contributed by atoms with E-state index >= 15 is 0 Å². The van der Waals surface area contributed by atoms with Crippen molar-refractivity contribution in [3.63, 3.8) is 0 Å². The fourth-order valence-corrected chi connectivity index (χ4v) is 1.61. The summed E-state index contributed by atoms with van der Waals surface area (Å²) in [5, 5.41) is 10.1. The summed E-state index contributed by atoms with van der Waals surface area (Å²) < 4.78 is 39.0. The van der Waals surface area contributed by atoms with Crippen molar-refractivity contribution in [2.24, 2.45) is 5.41 Å². The molecule has 0 aromatic rings. The van der Waals surface area contributed by atoms with Gasteiger partial charge in [-0.2, -0.15) is 0 Å². The van der Waals surface area contributed by atoms with E-state index < -0.39 is 48.4 Å². The number of hydrogen-bond acceptors (Lipinski definition) is 5. The van der Waals surface area contributed by atoms with E-state index in [4.69, 9.17) is 18.3 Å². The third-order valence-corrected chi connectivity index (χ3v) is 2.50. The third kappa shape index (κ3) is 4.44. The van der Waals surface area contributed by atoms with Gasteiger partial charge in [-0.1, -0.05) is 20.8 Å². The van der Waals surface area contributed by atoms with Crippen molar-refractivity contribution in [2.45, 2.75) is 78.6 Å². The number of carbonyl (C=O) groups is 1. The predicted octanol–water partition coefficient (Wildman–Crippen LogP) is 2.21. The molecule has 1 aliphatic rings. The molecule has 1 saturated heterocycles. The van der Waals surface area contributed by atoms with Gasteiger partial charge in [-0.25, -0.2) is 0 Å². The highest BCUT2D eigenvalue weighted by atomic mass is 16.8. The molecule has 0 saturated carbocycles. The quantitative estimate of drug-likeness (QED) is 0.784. The number of ether oxygens (including phenoxy) is 3. The van der Waals surface area contributed by atoms with Gasteiger partial charge >= 0.3 is 5.97 Å². The summed E-state index contributed by atoms with van der Waals surface area (Å²) in [6.07, 6.45) is -3.30. The van der Waals surface area contributed by atoms with Crippen LogP contribution in [0.25, 0.3) is 0 Å². The van der Waals surface area contributed by atoms with E-state index in [9.17, 15) is 9.90 Å². The zero-order chi connectivity index (χ0) is 17.6. The van der Waals surface area contributed by atoms with Crippen LogP contribution >= 0.6 is 0 Å². The molecule has 3 atom stereocenters. The molecule has 0 bridgehead atoms. The van der Waals surface area contributed by atoms with Gasteiger partial charge in [-0.3, -0.25) is 4.79 Å². The highest BCUT2D eigenvalue weighted by Crippen LogP contribution is 2.39. The van der Waals surface area contributed by atoms with Crippen LogP contribution in [0.3, 0.4) is 0 Å². The molecule has 0 spiro atoms. The number of aliphatic hydroxyl groups excluding tert-OH is 1. The normalized spacial score (nSPS) is 35.4. The predicted molar refractivity (Wildman–Crippen MR) is 70.3 cm³/mol. The maximum absolute atomic E-state index is 12.0. The van der Waals surface area contributed by atoms with Gasteiger partial charge in [-0.15, -0.1) is 0 Å². The Morgan fingerprint density at radius 1 is 1.37 bits per heavy atom. The van der Waals surface area contributed by atoms with E-state index in [1.54, 1.807) is 41.5 Å². The molecule has 1 fully saturated rings. The molecule has 19 heavy (non-hydrogen) atoms. The van der Waals surface area contributed by atoms with Crippen molar-refractivity contribution < 1.29 is 28.2 Å². The van der Waals surface area contributed by atoms with Gasteiger partial charge in [0.2, 0.25) is 0 Å². The molecule has 112 valence electrons. The Morgan fingerprint density at radius 2 is 1.95 bits per heavy atom. The molecule has 1 N–H and O–H groups in total. The lowest BCUT2D eigenvalue weighted by Gasteiger charge is -2.29. The van der Waals surface area contributed by atoms with Gasteiger partial charge in [0.25, 0.3) is 0 Å².